The number of aromatic nitrogens is 3. The first kappa shape index (κ1) is 18.7. The van der Waals surface area contributed by atoms with E-state index in [1.165, 1.54) is 11.3 Å². The zero-order valence-corrected chi connectivity index (χ0v) is 16.7. The van der Waals surface area contributed by atoms with Gasteiger partial charge >= 0.3 is 0 Å². The fourth-order valence-electron chi connectivity index (χ4n) is 2.37. The standard InChI is InChI=1S/C19H13ClN4O2S2/c20-14-9-5-4-8-13(14)17-23-24-19(26-17)28-11-16(25)22-18-21-15(10-27-18)12-6-2-1-3-7-12/h1-10H,11H2,(H,21,22,25). The first-order valence-corrected chi connectivity index (χ1v) is 10.5. The average Bonchev–Trinajstić information content (AvgIpc) is 3.37. The van der Waals surface area contributed by atoms with Gasteiger partial charge in [-0.15, -0.1) is 21.5 Å². The van der Waals surface area contributed by atoms with E-state index in [0.29, 0.717) is 26.8 Å². The van der Waals surface area contributed by atoms with Crippen molar-refractivity contribution in [1.82, 2.24) is 15.2 Å². The van der Waals surface area contributed by atoms with Crippen molar-refractivity contribution in [3.63, 3.8) is 0 Å². The second-order valence-corrected chi connectivity index (χ2v) is 7.79. The summed E-state index contributed by atoms with van der Waals surface area (Å²) in [4.78, 5) is 16.6. The highest BCUT2D eigenvalue weighted by molar-refractivity contribution is 7.99. The summed E-state index contributed by atoms with van der Waals surface area (Å²) in [5.74, 6) is 0.252. The zero-order chi connectivity index (χ0) is 19.3. The highest BCUT2D eigenvalue weighted by Gasteiger charge is 2.14. The Balaban J connectivity index is 1.34. The number of amides is 1. The van der Waals surface area contributed by atoms with Crippen LogP contribution in [0, 0.1) is 0 Å². The van der Waals surface area contributed by atoms with Crippen LogP contribution in [0.25, 0.3) is 22.7 Å². The van der Waals surface area contributed by atoms with Crippen molar-refractivity contribution in [1.29, 1.82) is 0 Å². The number of thiazole rings is 1. The number of hydrogen-bond acceptors (Lipinski definition) is 7. The highest BCUT2D eigenvalue weighted by atomic mass is 35.5. The molecule has 0 atom stereocenters. The first-order valence-electron chi connectivity index (χ1n) is 8.21. The Morgan fingerprint density at radius 3 is 2.71 bits per heavy atom. The van der Waals surface area contributed by atoms with Crippen LogP contribution in [-0.4, -0.2) is 26.8 Å². The van der Waals surface area contributed by atoms with Gasteiger partial charge in [0.1, 0.15) is 0 Å². The highest BCUT2D eigenvalue weighted by Crippen LogP contribution is 2.29. The maximum absolute atomic E-state index is 12.2. The van der Waals surface area contributed by atoms with Crippen LogP contribution in [0.1, 0.15) is 0 Å². The SMILES string of the molecule is O=C(CSc1nnc(-c2ccccc2Cl)o1)Nc1nc(-c2ccccc2)cs1. The Kier molecular flexibility index (Phi) is 5.70. The largest absolute Gasteiger partial charge is 0.411 e. The van der Waals surface area contributed by atoms with E-state index < -0.39 is 0 Å². The van der Waals surface area contributed by atoms with Crippen LogP contribution in [0.5, 0.6) is 0 Å². The molecule has 9 heteroatoms. The van der Waals surface area contributed by atoms with Crippen LogP contribution < -0.4 is 5.32 Å². The van der Waals surface area contributed by atoms with Crippen LogP contribution in [0.15, 0.2) is 69.6 Å². The zero-order valence-electron chi connectivity index (χ0n) is 14.3. The van der Waals surface area contributed by atoms with Crippen molar-refractivity contribution in [3.8, 4) is 22.7 Å². The van der Waals surface area contributed by atoms with E-state index in [1.807, 2.05) is 47.8 Å². The fourth-order valence-corrected chi connectivity index (χ4v) is 3.88. The Morgan fingerprint density at radius 1 is 1.11 bits per heavy atom. The van der Waals surface area contributed by atoms with Crippen LogP contribution in [0.4, 0.5) is 5.13 Å². The van der Waals surface area contributed by atoms with Gasteiger partial charge in [-0.05, 0) is 12.1 Å². The summed E-state index contributed by atoms with van der Waals surface area (Å²) in [6, 6.07) is 17.0. The summed E-state index contributed by atoms with van der Waals surface area (Å²) in [5.41, 5.74) is 2.49. The van der Waals surface area contributed by atoms with Gasteiger partial charge in [-0.3, -0.25) is 4.79 Å². The Labute approximate surface area is 174 Å². The van der Waals surface area contributed by atoms with Crippen molar-refractivity contribution < 1.29 is 9.21 Å². The van der Waals surface area contributed by atoms with Gasteiger partial charge in [-0.1, -0.05) is 65.8 Å². The van der Waals surface area contributed by atoms with Gasteiger partial charge in [-0.25, -0.2) is 4.98 Å². The normalized spacial score (nSPS) is 10.8. The molecule has 4 rings (SSSR count). The smallest absolute Gasteiger partial charge is 0.277 e. The topological polar surface area (TPSA) is 80.9 Å². The third-order valence-electron chi connectivity index (χ3n) is 3.66. The maximum Gasteiger partial charge on any atom is 0.277 e. The van der Waals surface area contributed by atoms with Gasteiger partial charge < -0.3 is 9.73 Å². The lowest BCUT2D eigenvalue weighted by atomic mass is 10.2. The number of nitrogens with zero attached hydrogens (tertiary/aromatic N) is 3. The van der Waals surface area contributed by atoms with Crippen molar-refractivity contribution in [2.45, 2.75) is 5.22 Å². The summed E-state index contributed by atoms with van der Waals surface area (Å²) >= 11 is 8.66. The molecule has 0 aliphatic heterocycles. The lowest BCUT2D eigenvalue weighted by molar-refractivity contribution is -0.113. The molecular weight excluding hydrogens is 416 g/mol. The van der Waals surface area contributed by atoms with Crippen molar-refractivity contribution in [3.05, 3.63) is 65.0 Å². The van der Waals surface area contributed by atoms with Crippen molar-refractivity contribution in [2.75, 3.05) is 11.1 Å². The van der Waals surface area contributed by atoms with Gasteiger partial charge in [0.15, 0.2) is 5.13 Å². The molecule has 28 heavy (non-hydrogen) atoms. The molecule has 0 radical (unpaired) electrons. The van der Waals surface area contributed by atoms with E-state index in [0.717, 1.165) is 23.0 Å². The second kappa shape index (κ2) is 8.55. The second-order valence-electron chi connectivity index (χ2n) is 5.59. The van der Waals surface area contributed by atoms with Crippen LogP contribution >= 0.6 is 34.7 Å². The van der Waals surface area contributed by atoms with Gasteiger partial charge in [0.05, 0.1) is 22.0 Å². The Morgan fingerprint density at radius 2 is 1.89 bits per heavy atom. The molecule has 6 nitrogen and oxygen atoms in total. The number of hydrogen-bond donors (Lipinski definition) is 1. The molecule has 2 aromatic heterocycles. The summed E-state index contributed by atoms with van der Waals surface area (Å²) < 4.78 is 5.58. The van der Waals surface area contributed by atoms with E-state index in [1.54, 1.807) is 12.1 Å². The minimum absolute atomic E-state index is 0.129. The lowest BCUT2D eigenvalue weighted by Gasteiger charge is -1.99. The first-order chi connectivity index (χ1) is 13.7. The minimum atomic E-state index is -0.198. The van der Waals surface area contributed by atoms with Crippen molar-refractivity contribution in [2.24, 2.45) is 0 Å². The predicted molar refractivity (Wildman–Crippen MR) is 112 cm³/mol. The van der Waals surface area contributed by atoms with Crippen molar-refractivity contribution >= 4 is 45.7 Å². The van der Waals surface area contributed by atoms with Gasteiger partial charge in [0.2, 0.25) is 11.8 Å². The molecule has 2 heterocycles. The van der Waals surface area contributed by atoms with Gasteiger partial charge in [-0.2, -0.15) is 0 Å². The number of thioether (sulfide) groups is 1. The molecule has 0 fully saturated rings. The maximum atomic E-state index is 12.2. The van der Waals surface area contributed by atoms with E-state index in [4.69, 9.17) is 16.0 Å². The fraction of sp³-hybridized carbons (Fsp3) is 0.0526. The third kappa shape index (κ3) is 4.41. The van der Waals surface area contributed by atoms with Crippen LogP contribution in [-0.2, 0) is 4.79 Å². The molecule has 140 valence electrons. The predicted octanol–water partition coefficient (Wildman–Crippen LogP) is 5.24. The van der Waals surface area contributed by atoms with Gasteiger partial charge in [0, 0.05) is 10.9 Å². The quantitative estimate of drug-likeness (QED) is 0.423. The van der Waals surface area contributed by atoms with Gasteiger partial charge in [0.25, 0.3) is 5.22 Å². The molecule has 4 aromatic rings. The number of carbonyl (C=O) groups is 1. The van der Waals surface area contributed by atoms with E-state index >= 15 is 0 Å². The number of nitrogens with one attached hydrogen (secondary N) is 1. The van der Waals surface area contributed by atoms with E-state index in [-0.39, 0.29) is 11.7 Å². The lowest BCUT2D eigenvalue weighted by Crippen LogP contribution is -2.13. The number of anilines is 1. The average molecular weight is 429 g/mol. The molecule has 0 spiro atoms. The monoisotopic (exact) mass is 428 g/mol. The summed E-state index contributed by atoms with van der Waals surface area (Å²) in [5, 5.41) is 14.0. The summed E-state index contributed by atoms with van der Waals surface area (Å²) in [6.07, 6.45) is 0. The molecule has 1 amide bonds. The molecule has 0 aliphatic rings. The number of rotatable bonds is 6. The minimum Gasteiger partial charge on any atom is -0.411 e. The summed E-state index contributed by atoms with van der Waals surface area (Å²) in [6.45, 7) is 0. The van der Waals surface area contributed by atoms with E-state index in [2.05, 4.69) is 20.5 Å². The molecule has 0 aliphatic carbocycles. The van der Waals surface area contributed by atoms with E-state index in [9.17, 15) is 4.79 Å². The molecular formula is C19H13ClN4O2S2. The number of benzene rings is 2. The number of carbonyl (C=O) groups excluding carboxylic acids is 1. The number of halogens is 1. The van der Waals surface area contributed by atoms with Crippen LogP contribution in [0.3, 0.4) is 0 Å². The molecule has 0 saturated carbocycles. The molecule has 2 aromatic carbocycles. The molecule has 0 unspecified atom stereocenters. The Hall–Kier alpha value is -2.68. The molecule has 0 bridgehead atoms. The molecule has 1 N–H and O–H groups in total. The summed E-state index contributed by atoms with van der Waals surface area (Å²) in [7, 11) is 0. The Bertz CT molecular complexity index is 1100. The molecule has 0 saturated heterocycles. The third-order valence-corrected chi connectivity index (χ3v) is 5.56. The van der Waals surface area contributed by atoms with Crippen LogP contribution in [0.2, 0.25) is 5.02 Å².